The molecule has 1 atom stereocenters. The van der Waals surface area contributed by atoms with E-state index in [9.17, 15) is 13.6 Å². The predicted octanol–water partition coefficient (Wildman–Crippen LogP) is 7.43. The van der Waals surface area contributed by atoms with Gasteiger partial charge in [0, 0.05) is 0 Å². The van der Waals surface area contributed by atoms with E-state index in [2.05, 4.69) is 13.8 Å². The first-order valence-electron chi connectivity index (χ1n) is 10.7. The zero-order valence-electron chi connectivity index (χ0n) is 17.3. The number of rotatable bonds is 7. The van der Waals surface area contributed by atoms with Crippen LogP contribution < -0.4 is 0 Å². The van der Waals surface area contributed by atoms with Crippen molar-refractivity contribution in [2.24, 2.45) is 11.8 Å². The second-order valence-corrected chi connectivity index (χ2v) is 8.45. The Morgan fingerprint density at radius 1 is 1.03 bits per heavy atom. The van der Waals surface area contributed by atoms with E-state index < -0.39 is 23.2 Å². The molecule has 1 aliphatic rings. The quantitative estimate of drug-likeness (QED) is 0.525. The Hall–Kier alpha value is -2.23. The molecule has 0 aromatic heterocycles. The molecule has 1 aliphatic carbocycles. The Kier molecular flexibility index (Phi) is 7.05. The largest absolute Gasteiger partial charge is 0.477 e. The van der Waals surface area contributed by atoms with Crippen LogP contribution in [0.1, 0.15) is 80.6 Å². The van der Waals surface area contributed by atoms with E-state index in [0.717, 1.165) is 18.1 Å². The second kappa shape index (κ2) is 9.51. The van der Waals surface area contributed by atoms with Crippen LogP contribution in [0.5, 0.6) is 0 Å². The van der Waals surface area contributed by atoms with Crippen molar-refractivity contribution in [3.8, 4) is 11.1 Å². The third-order valence-corrected chi connectivity index (χ3v) is 6.59. The fourth-order valence-corrected chi connectivity index (χ4v) is 4.67. The maximum atomic E-state index is 14.0. The summed E-state index contributed by atoms with van der Waals surface area (Å²) in [5, 5.41) is 8.91. The lowest BCUT2D eigenvalue weighted by atomic mass is 9.73. The van der Waals surface area contributed by atoms with Crippen LogP contribution in [0.2, 0.25) is 0 Å². The predicted molar refractivity (Wildman–Crippen MR) is 112 cm³/mol. The molecule has 29 heavy (non-hydrogen) atoms. The van der Waals surface area contributed by atoms with Gasteiger partial charge in [-0.2, -0.15) is 0 Å². The summed E-state index contributed by atoms with van der Waals surface area (Å²) in [4.78, 5) is 11.0. The summed E-state index contributed by atoms with van der Waals surface area (Å²) >= 11 is 0. The third-order valence-electron chi connectivity index (χ3n) is 6.59. The number of carboxylic acids is 1. The van der Waals surface area contributed by atoms with E-state index >= 15 is 0 Å². The van der Waals surface area contributed by atoms with Gasteiger partial charge in [0.05, 0.1) is 0 Å². The molecule has 1 saturated carbocycles. The van der Waals surface area contributed by atoms with Crippen LogP contribution >= 0.6 is 0 Å². The molecule has 0 saturated heterocycles. The number of hydrogen-bond acceptors (Lipinski definition) is 1. The molecule has 1 N–H and O–H groups in total. The first-order valence-corrected chi connectivity index (χ1v) is 10.7. The molecule has 2 aromatic rings. The van der Waals surface area contributed by atoms with Crippen LogP contribution in [-0.2, 0) is 0 Å². The standard InChI is InChI=1S/C25H30F2O2/c1-3-4-5-17-6-8-18(9-7-17)16(2)19-10-12-20(13-11-19)21-14-22(26)24(25(28)29)23(27)15-21/h10-18H,3-9H2,1-2H3,(H,28,29). The van der Waals surface area contributed by atoms with Crippen molar-refractivity contribution < 1.29 is 18.7 Å². The van der Waals surface area contributed by atoms with E-state index in [1.165, 1.54) is 50.5 Å². The van der Waals surface area contributed by atoms with Crippen LogP contribution in [-0.4, -0.2) is 11.1 Å². The molecule has 2 aromatic carbocycles. The SMILES string of the molecule is CCCCC1CCC(C(C)c2ccc(-c3cc(F)c(C(=O)O)c(F)c3)cc2)CC1. The Balaban J connectivity index is 1.68. The Morgan fingerprint density at radius 3 is 2.14 bits per heavy atom. The highest BCUT2D eigenvalue weighted by atomic mass is 19.1. The van der Waals surface area contributed by atoms with Crippen molar-refractivity contribution >= 4 is 5.97 Å². The fourth-order valence-electron chi connectivity index (χ4n) is 4.67. The summed E-state index contributed by atoms with van der Waals surface area (Å²) in [7, 11) is 0. The van der Waals surface area contributed by atoms with E-state index in [1.54, 1.807) is 0 Å². The van der Waals surface area contributed by atoms with Crippen LogP contribution in [0.15, 0.2) is 36.4 Å². The second-order valence-electron chi connectivity index (χ2n) is 8.45. The maximum absolute atomic E-state index is 14.0. The summed E-state index contributed by atoms with van der Waals surface area (Å²) in [5.74, 6) is -1.67. The van der Waals surface area contributed by atoms with E-state index in [-0.39, 0.29) is 0 Å². The van der Waals surface area contributed by atoms with Crippen molar-refractivity contribution in [3.05, 3.63) is 59.2 Å². The molecular formula is C25H30F2O2. The fraction of sp³-hybridized carbons (Fsp3) is 0.480. The van der Waals surface area contributed by atoms with Gasteiger partial charge in [-0.25, -0.2) is 13.6 Å². The van der Waals surface area contributed by atoms with Gasteiger partial charge in [-0.05, 0) is 59.4 Å². The average Bonchev–Trinajstić information content (AvgIpc) is 2.71. The van der Waals surface area contributed by atoms with Gasteiger partial charge in [0.15, 0.2) is 0 Å². The molecular weight excluding hydrogens is 370 g/mol. The van der Waals surface area contributed by atoms with Gasteiger partial charge < -0.3 is 5.11 Å². The van der Waals surface area contributed by atoms with Gasteiger partial charge in [-0.15, -0.1) is 0 Å². The minimum absolute atomic E-state index is 0.348. The average molecular weight is 401 g/mol. The minimum Gasteiger partial charge on any atom is -0.477 e. The highest BCUT2D eigenvalue weighted by molar-refractivity contribution is 5.89. The minimum atomic E-state index is -1.60. The first kappa shape index (κ1) is 21.5. The Morgan fingerprint density at radius 2 is 1.62 bits per heavy atom. The highest BCUT2D eigenvalue weighted by Gasteiger charge is 2.26. The third kappa shape index (κ3) is 5.04. The van der Waals surface area contributed by atoms with Gasteiger partial charge in [-0.3, -0.25) is 0 Å². The van der Waals surface area contributed by atoms with E-state index in [0.29, 0.717) is 23.0 Å². The number of unbranched alkanes of at least 4 members (excludes halogenated alkanes) is 1. The molecule has 0 heterocycles. The smallest absolute Gasteiger partial charge is 0.341 e. The monoisotopic (exact) mass is 400 g/mol. The Labute approximate surface area is 172 Å². The molecule has 0 aliphatic heterocycles. The number of hydrogen-bond donors (Lipinski definition) is 1. The molecule has 4 heteroatoms. The Bertz CT molecular complexity index is 813. The van der Waals surface area contributed by atoms with Gasteiger partial charge in [0.2, 0.25) is 0 Å². The van der Waals surface area contributed by atoms with Crippen molar-refractivity contribution in [2.45, 2.75) is 64.7 Å². The first-order chi connectivity index (χ1) is 13.9. The van der Waals surface area contributed by atoms with Crippen LogP contribution in [0, 0.1) is 23.5 Å². The zero-order valence-corrected chi connectivity index (χ0v) is 17.3. The van der Waals surface area contributed by atoms with E-state index in [1.807, 2.05) is 24.3 Å². The van der Waals surface area contributed by atoms with E-state index in [4.69, 9.17) is 5.11 Å². The molecule has 0 spiro atoms. The molecule has 1 unspecified atom stereocenters. The van der Waals surface area contributed by atoms with Gasteiger partial charge in [0.25, 0.3) is 0 Å². The zero-order chi connectivity index (χ0) is 21.0. The molecule has 156 valence electrons. The molecule has 0 bridgehead atoms. The summed E-state index contributed by atoms with van der Waals surface area (Å²) in [5.41, 5.74) is 1.36. The van der Waals surface area contributed by atoms with Crippen molar-refractivity contribution in [1.29, 1.82) is 0 Å². The molecule has 2 nitrogen and oxygen atoms in total. The number of carboxylic acid groups (broad SMARTS) is 1. The van der Waals surface area contributed by atoms with Crippen molar-refractivity contribution in [1.82, 2.24) is 0 Å². The summed E-state index contributed by atoms with van der Waals surface area (Å²) in [6, 6.07) is 9.97. The number of halogens is 2. The number of benzene rings is 2. The summed E-state index contributed by atoms with van der Waals surface area (Å²) in [6.45, 7) is 4.52. The lowest BCUT2D eigenvalue weighted by Crippen LogP contribution is -2.19. The summed E-state index contributed by atoms with van der Waals surface area (Å²) in [6.07, 6.45) is 9.15. The lowest BCUT2D eigenvalue weighted by Gasteiger charge is -2.32. The van der Waals surface area contributed by atoms with Crippen molar-refractivity contribution in [3.63, 3.8) is 0 Å². The van der Waals surface area contributed by atoms with Crippen LogP contribution in [0.4, 0.5) is 8.78 Å². The molecule has 0 amide bonds. The van der Waals surface area contributed by atoms with Gasteiger partial charge in [-0.1, -0.05) is 70.2 Å². The van der Waals surface area contributed by atoms with Crippen molar-refractivity contribution in [2.75, 3.05) is 0 Å². The van der Waals surface area contributed by atoms with Crippen LogP contribution in [0.25, 0.3) is 11.1 Å². The molecule has 1 fully saturated rings. The topological polar surface area (TPSA) is 37.3 Å². The van der Waals surface area contributed by atoms with Gasteiger partial charge in [0.1, 0.15) is 17.2 Å². The van der Waals surface area contributed by atoms with Gasteiger partial charge >= 0.3 is 5.97 Å². The number of aromatic carboxylic acids is 1. The molecule has 0 radical (unpaired) electrons. The molecule has 3 rings (SSSR count). The number of carbonyl (C=O) groups is 1. The summed E-state index contributed by atoms with van der Waals surface area (Å²) < 4.78 is 28.0. The maximum Gasteiger partial charge on any atom is 0.341 e. The normalized spacial score (nSPS) is 20.4. The lowest BCUT2D eigenvalue weighted by molar-refractivity contribution is 0.0686. The van der Waals surface area contributed by atoms with Crippen LogP contribution in [0.3, 0.4) is 0 Å². The highest BCUT2D eigenvalue weighted by Crippen LogP contribution is 2.40.